The number of hydrogen-bond acceptors (Lipinski definition) is 9. The van der Waals surface area contributed by atoms with Gasteiger partial charge in [-0.05, 0) is 78.9 Å². The average molecular weight is 663 g/mol. The van der Waals surface area contributed by atoms with Gasteiger partial charge in [-0.25, -0.2) is 22.4 Å². The first-order valence-corrected chi connectivity index (χ1v) is 16.1. The van der Waals surface area contributed by atoms with E-state index in [-0.39, 0.29) is 39.6 Å². The number of nitrogens with one attached hydrogen (secondary N) is 3. The Bertz CT molecular complexity index is 1980. The molecule has 2 atom stereocenters. The van der Waals surface area contributed by atoms with Crippen LogP contribution in [0.25, 0.3) is 10.8 Å². The fourth-order valence-corrected chi connectivity index (χ4v) is 7.03. The Balaban J connectivity index is 1.26. The quantitative estimate of drug-likeness (QED) is 0.150. The van der Waals surface area contributed by atoms with Crippen molar-refractivity contribution in [2.45, 2.75) is 41.7 Å². The summed E-state index contributed by atoms with van der Waals surface area (Å²) in [5, 5.41) is 16.0. The van der Waals surface area contributed by atoms with Crippen molar-refractivity contribution in [3.05, 3.63) is 93.9 Å². The van der Waals surface area contributed by atoms with Crippen molar-refractivity contribution in [2.75, 3.05) is 31.4 Å². The van der Waals surface area contributed by atoms with Crippen molar-refractivity contribution >= 4 is 52.0 Å². The molecule has 1 fully saturated rings. The van der Waals surface area contributed by atoms with Crippen LogP contribution in [-0.2, 0) is 25.9 Å². The van der Waals surface area contributed by atoms with E-state index in [9.17, 15) is 27.9 Å². The van der Waals surface area contributed by atoms with Crippen molar-refractivity contribution in [3.63, 3.8) is 0 Å². The number of hydrogen-bond donors (Lipinski definition) is 4. The summed E-state index contributed by atoms with van der Waals surface area (Å²) >= 11 is 0. The maximum absolute atomic E-state index is 15.3. The standard InChI is InChI=1S/C32H32BFN4O8S/c1-38(33)16-20-13-21(6-10-28(20)47(43,44)23-7-8-23)37-32(42)46-17-26(34)24-9-4-19(14-27(24)45-2)29(31(40)41)36-22-5-3-18-11-12-35-30(39)25(18)15-22/h3-6,9-15,23,26,29,36H,7-8,16-17H2,1-2H3,(H,35,39)(H,37,42)(H,40,41)/t26-,29?/m0/s1. The molecule has 1 saturated carbocycles. The van der Waals surface area contributed by atoms with E-state index in [4.69, 9.17) is 17.5 Å². The number of carbonyl (C=O) groups is 2. The highest BCUT2D eigenvalue weighted by Gasteiger charge is 2.38. The smallest absolute Gasteiger partial charge is 0.411 e. The van der Waals surface area contributed by atoms with Crippen LogP contribution in [0, 0.1) is 0 Å². The van der Waals surface area contributed by atoms with Gasteiger partial charge in [-0.1, -0.05) is 18.2 Å². The predicted octanol–water partition coefficient (Wildman–Crippen LogP) is 4.49. The van der Waals surface area contributed by atoms with Gasteiger partial charge in [0.1, 0.15) is 12.4 Å². The van der Waals surface area contributed by atoms with E-state index in [0.717, 1.165) is 0 Å². The molecule has 47 heavy (non-hydrogen) atoms. The van der Waals surface area contributed by atoms with E-state index in [1.807, 2.05) is 0 Å². The molecule has 15 heteroatoms. The number of nitrogens with zero attached hydrogens (tertiary/aromatic N) is 1. The average Bonchev–Trinajstić information content (AvgIpc) is 3.89. The van der Waals surface area contributed by atoms with Gasteiger partial charge in [0.15, 0.2) is 30.0 Å². The third kappa shape index (κ3) is 7.75. The SMILES string of the molecule is [B]N(C)Cc1cc(NC(=O)OC[C@H](F)c2ccc(C(Nc3ccc4cc[nH]c(=O)c4c3)C(=O)O)cc2OC)ccc1S(=O)(=O)C1CC1. The number of aromatic amines is 1. The van der Waals surface area contributed by atoms with Gasteiger partial charge in [0.2, 0.25) is 0 Å². The van der Waals surface area contributed by atoms with Gasteiger partial charge >= 0.3 is 12.1 Å². The molecule has 4 aromatic rings. The number of fused-ring (bicyclic) bond motifs is 1. The van der Waals surface area contributed by atoms with Gasteiger partial charge < -0.3 is 29.7 Å². The number of H-pyrrole nitrogens is 1. The maximum atomic E-state index is 15.3. The lowest BCUT2D eigenvalue weighted by molar-refractivity contribution is -0.138. The zero-order valence-corrected chi connectivity index (χ0v) is 26.3. The number of aliphatic carboxylic acids is 1. The first-order valence-electron chi connectivity index (χ1n) is 14.6. The molecule has 1 unspecified atom stereocenters. The van der Waals surface area contributed by atoms with Crippen molar-refractivity contribution in [1.29, 1.82) is 0 Å². The summed E-state index contributed by atoms with van der Waals surface area (Å²) in [7, 11) is 5.12. The Kier molecular flexibility index (Phi) is 9.87. The number of sulfone groups is 1. The number of aromatic nitrogens is 1. The largest absolute Gasteiger partial charge is 0.496 e. The van der Waals surface area contributed by atoms with E-state index in [0.29, 0.717) is 34.9 Å². The number of halogens is 1. The molecule has 1 heterocycles. The number of carbonyl (C=O) groups excluding carboxylic acids is 1. The molecular formula is C32H32BFN4O8S. The monoisotopic (exact) mass is 662 g/mol. The third-order valence-electron chi connectivity index (χ3n) is 7.62. The van der Waals surface area contributed by atoms with Crippen LogP contribution in [-0.4, -0.2) is 69.4 Å². The number of anilines is 2. The van der Waals surface area contributed by atoms with Gasteiger partial charge in [0.05, 0.1) is 17.3 Å². The molecule has 0 bridgehead atoms. The van der Waals surface area contributed by atoms with Gasteiger partial charge in [0, 0.05) is 35.1 Å². The summed E-state index contributed by atoms with van der Waals surface area (Å²) in [6.45, 7) is -0.588. The van der Waals surface area contributed by atoms with Crippen molar-refractivity contribution < 1.29 is 37.0 Å². The van der Waals surface area contributed by atoms with Gasteiger partial charge in [0.25, 0.3) is 5.56 Å². The fraction of sp³-hybridized carbons (Fsp3) is 0.281. The minimum atomic E-state index is -3.52. The molecule has 5 rings (SSSR count). The summed E-state index contributed by atoms with van der Waals surface area (Å²) in [6, 6.07) is 13.8. The van der Waals surface area contributed by atoms with Crippen LogP contribution in [0.1, 0.15) is 41.7 Å². The number of rotatable bonds is 13. The third-order valence-corrected chi connectivity index (χ3v) is 9.98. The second kappa shape index (κ2) is 13.9. The van der Waals surface area contributed by atoms with Gasteiger partial charge in [-0.3, -0.25) is 10.1 Å². The lowest BCUT2D eigenvalue weighted by Gasteiger charge is -2.20. The van der Waals surface area contributed by atoms with Crippen molar-refractivity contribution in [1.82, 2.24) is 9.79 Å². The van der Waals surface area contributed by atoms with E-state index in [2.05, 4.69) is 15.6 Å². The maximum Gasteiger partial charge on any atom is 0.411 e. The lowest BCUT2D eigenvalue weighted by atomic mass is 10.0. The summed E-state index contributed by atoms with van der Waals surface area (Å²) < 4.78 is 51.5. The lowest BCUT2D eigenvalue weighted by Crippen LogP contribution is -2.21. The molecule has 0 saturated heterocycles. The van der Waals surface area contributed by atoms with E-state index >= 15 is 4.39 Å². The molecule has 1 amide bonds. The number of ether oxygens (including phenoxy) is 2. The zero-order valence-electron chi connectivity index (χ0n) is 25.5. The summed E-state index contributed by atoms with van der Waals surface area (Å²) in [5.41, 5.74) is 0.966. The number of alkyl halides is 1. The van der Waals surface area contributed by atoms with E-state index in [1.165, 1.54) is 60.6 Å². The van der Waals surface area contributed by atoms with Crippen molar-refractivity contribution in [2.24, 2.45) is 0 Å². The minimum Gasteiger partial charge on any atom is -0.496 e. The summed E-state index contributed by atoms with van der Waals surface area (Å²) in [5.74, 6) is -1.19. The first kappa shape index (κ1) is 33.5. The van der Waals surface area contributed by atoms with Crippen LogP contribution >= 0.6 is 0 Å². The normalized spacial score (nSPS) is 14.4. The Labute approximate surface area is 271 Å². The number of pyridine rings is 1. The Morgan fingerprint density at radius 3 is 2.53 bits per heavy atom. The van der Waals surface area contributed by atoms with Crippen LogP contribution < -0.4 is 20.9 Å². The Morgan fingerprint density at radius 1 is 1.11 bits per heavy atom. The highest BCUT2D eigenvalue weighted by Crippen LogP contribution is 2.36. The minimum absolute atomic E-state index is 0.0216. The molecule has 1 aliphatic carbocycles. The van der Waals surface area contributed by atoms with Crippen LogP contribution in [0.5, 0.6) is 5.75 Å². The highest BCUT2D eigenvalue weighted by molar-refractivity contribution is 7.92. The number of carboxylic acids is 1. The fourth-order valence-electron chi connectivity index (χ4n) is 5.17. The van der Waals surface area contributed by atoms with Crippen LogP contribution in [0.15, 0.2) is 76.6 Å². The molecule has 244 valence electrons. The van der Waals surface area contributed by atoms with E-state index in [1.54, 1.807) is 25.2 Å². The number of methoxy groups -OCH3 is 1. The molecule has 0 aliphatic heterocycles. The summed E-state index contributed by atoms with van der Waals surface area (Å²) in [4.78, 5) is 41.0. The molecule has 3 aromatic carbocycles. The Morgan fingerprint density at radius 2 is 1.85 bits per heavy atom. The van der Waals surface area contributed by atoms with Gasteiger partial charge in [-0.2, -0.15) is 0 Å². The highest BCUT2D eigenvalue weighted by atomic mass is 32.2. The van der Waals surface area contributed by atoms with Gasteiger partial charge in [-0.15, -0.1) is 0 Å². The molecule has 0 spiro atoms. The predicted molar refractivity (Wildman–Crippen MR) is 174 cm³/mol. The number of benzene rings is 3. The molecule has 2 radical (unpaired) electrons. The molecule has 4 N–H and O–H groups in total. The zero-order chi connectivity index (χ0) is 33.9. The second-order valence-corrected chi connectivity index (χ2v) is 13.4. The first-order chi connectivity index (χ1) is 22.4. The number of carboxylic acid groups (broad SMARTS) is 1. The van der Waals surface area contributed by atoms with Crippen LogP contribution in [0.2, 0.25) is 0 Å². The second-order valence-electron chi connectivity index (χ2n) is 11.2. The molecule has 12 nitrogen and oxygen atoms in total. The van der Waals surface area contributed by atoms with Crippen LogP contribution in [0.3, 0.4) is 0 Å². The van der Waals surface area contributed by atoms with Crippen molar-refractivity contribution in [3.8, 4) is 5.75 Å². The topological polar surface area (TPSA) is 167 Å². The Hall–Kier alpha value is -4.89. The number of amides is 1. The molecular weight excluding hydrogens is 630 g/mol. The molecule has 1 aliphatic rings. The molecule has 1 aromatic heterocycles. The van der Waals surface area contributed by atoms with Crippen LogP contribution in [0.4, 0.5) is 20.6 Å². The summed E-state index contributed by atoms with van der Waals surface area (Å²) in [6.07, 6.45) is -0.103. The van der Waals surface area contributed by atoms with E-state index < -0.39 is 46.0 Å².